The van der Waals surface area contributed by atoms with Crippen molar-refractivity contribution in [2.24, 2.45) is 0 Å². The van der Waals surface area contributed by atoms with Crippen molar-refractivity contribution < 1.29 is 14.6 Å². The second kappa shape index (κ2) is 3.40. The highest BCUT2D eigenvalue weighted by atomic mass is 32.1. The highest BCUT2D eigenvalue weighted by Crippen LogP contribution is 2.06. The van der Waals surface area contributed by atoms with Crippen LogP contribution in [0.5, 0.6) is 5.75 Å². The van der Waals surface area contributed by atoms with Gasteiger partial charge in [0.1, 0.15) is 0 Å². The molecule has 0 saturated heterocycles. The highest BCUT2D eigenvalue weighted by Gasteiger charge is 2.09. The number of aromatic amines is 2. The fourth-order valence-electron chi connectivity index (χ4n) is 0.799. The van der Waals surface area contributed by atoms with Crippen LogP contribution in [0.3, 0.4) is 0 Å². The summed E-state index contributed by atoms with van der Waals surface area (Å²) >= 11 is 4.65. The molecule has 0 saturated carbocycles. The second-order valence-corrected chi connectivity index (χ2v) is 2.64. The number of carbonyl (C=O) groups is 1. The number of rotatable bonds is 1. The third kappa shape index (κ3) is 2.15. The first-order valence-corrected chi connectivity index (χ1v) is 3.65. The van der Waals surface area contributed by atoms with Crippen LogP contribution in [0.4, 0.5) is 4.79 Å². The first kappa shape index (κ1) is 9.46. The van der Waals surface area contributed by atoms with Crippen LogP contribution < -0.4 is 10.3 Å². The largest absolute Gasteiger partial charge is 0.511 e. The van der Waals surface area contributed by atoms with E-state index < -0.39 is 11.7 Å². The molecule has 3 N–H and O–H groups in total. The molecule has 0 aliphatic heterocycles. The topological polar surface area (TPSA) is 95.2 Å². The molecule has 7 heteroatoms. The lowest BCUT2D eigenvalue weighted by molar-refractivity contribution is 0.143. The zero-order valence-corrected chi connectivity index (χ0v) is 7.40. The van der Waals surface area contributed by atoms with Crippen LogP contribution >= 0.6 is 12.2 Å². The Labute approximate surface area is 77.2 Å². The van der Waals surface area contributed by atoms with Gasteiger partial charge in [0.25, 0.3) is 5.56 Å². The Bertz CT molecular complexity index is 447. The molecule has 0 aromatic carbocycles. The van der Waals surface area contributed by atoms with Crippen molar-refractivity contribution in [3.8, 4) is 5.75 Å². The van der Waals surface area contributed by atoms with E-state index >= 15 is 0 Å². The maximum Gasteiger partial charge on any atom is 0.511 e. The van der Waals surface area contributed by atoms with Gasteiger partial charge in [-0.15, -0.1) is 0 Å². The first-order valence-electron chi connectivity index (χ1n) is 3.24. The van der Waals surface area contributed by atoms with Crippen molar-refractivity contribution in [1.29, 1.82) is 0 Å². The van der Waals surface area contributed by atoms with Crippen molar-refractivity contribution in [2.75, 3.05) is 0 Å². The van der Waals surface area contributed by atoms with E-state index in [4.69, 9.17) is 5.11 Å². The van der Waals surface area contributed by atoms with Gasteiger partial charge in [0.2, 0.25) is 5.75 Å². The van der Waals surface area contributed by atoms with Gasteiger partial charge >= 0.3 is 6.16 Å². The fourth-order valence-corrected chi connectivity index (χ4v) is 1.04. The van der Waals surface area contributed by atoms with Crippen molar-refractivity contribution in [1.82, 2.24) is 9.97 Å². The zero-order valence-electron chi connectivity index (χ0n) is 6.58. The SMILES string of the molecule is Cc1[nH]c(=S)[nH]c(=O)c1OC(=O)O. The number of carboxylic acid groups (broad SMARTS) is 1. The molecule has 0 bridgehead atoms. The van der Waals surface area contributed by atoms with Crippen molar-refractivity contribution in [3.63, 3.8) is 0 Å². The summed E-state index contributed by atoms with van der Waals surface area (Å²) in [6.45, 7) is 1.49. The molecule has 1 aromatic heterocycles. The number of ether oxygens (including phenoxy) is 1. The molecule has 1 heterocycles. The van der Waals surface area contributed by atoms with E-state index in [2.05, 4.69) is 26.9 Å². The lowest BCUT2D eigenvalue weighted by atomic mass is 10.4. The van der Waals surface area contributed by atoms with Crippen LogP contribution in [0.1, 0.15) is 5.69 Å². The maximum atomic E-state index is 11.1. The lowest BCUT2D eigenvalue weighted by Gasteiger charge is -2.01. The maximum absolute atomic E-state index is 11.1. The molecule has 0 fully saturated rings. The third-order valence-corrected chi connectivity index (χ3v) is 1.47. The minimum absolute atomic E-state index is 0.125. The van der Waals surface area contributed by atoms with Crippen LogP contribution in [0.25, 0.3) is 0 Å². The van der Waals surface area contributed by atoms with E-state index in [1.165, 1.54) is 6.92 Å². The van der Waals surface area contributed by atoms with Gasteiger partial charge in [-0.2, -0.15) is 0 Å². The minimum Gasteiger partial charge on any atom is -0.449 e. The third-order valence-electron chi connectivity index (χ3n) is 1.26. The number of nitrogens with one attached hydrogen (secondary N) is 2. The molecule has 1 rings (SSSR count). The van der Waals surface area contributed by atoms with E-state index in [1.54, 1.807) is 0 Å². The van der Waals surface area contributed by atoms with Gasteiger partial charge in [-0.3, -0.25) is 9.78 Å². The number of hydrogen-bond donors (Lipinski definition) is 3. The number of aromatic nitrogens is 2. The van der Waals surface area contributed by atoms with E-state index in [1.807, 2.05) is 0 Å². The van der Waals surface area contributed by atoms with Crippen molar-refractivity contribution in [2.45, 2.75) is 6.92 Å². The number of hydrogen-bond acceptors (Lipinski definition) is 4. The molecule has 0 atom stereocenters. The number of aryl methyl sites for hydroxylation is 1. The lowest BCUT2D eigenvalue weighted by Crippen LogP contribution is -2.17. The molecule has 1 aromatic rings. The zero-order chi connectivity index (χ0) is 10.0. The van der Waals surface area contributed by atoms with E-state index in [0.29, 0.717) is 0 Å². The second-order valence-electron chi connectivity index (χ2n) is 2.23. The van der Waals surface area contributed by atoms with Crippen LogP contribution in [-0.4, -0.2) is 21.2 Å². The molecule has 6 nitrogen and oxygen atoms in total. The standard InChI is InChI=1S/C6H6N2O4S/c1-2-3(12-6(10)11)4(9)8-5(13)7-2/h1H3,(H,10,11)(H2,7,8,9,13). The molecular formula is C6H6N2O4S. The Kier molecular flexibility index (Phi) is 2.47. The summed E-state index contributed by atoms with van der Waals surface area (Å²) in [6.07, 6.45) is -1.54. The highest BCUT2D eigenvalue weighted by molar-refractivity contribution is 7.71. The predicted octanol–water partition coefficient (Wildman–Crippen LogP) is 0.798. The van der Waals surface area contributed by atoms with Gasteiger partial charge in [-0.25, -0.2) is 4.79 Å². The van der Waals surface area contributed by atoms with Gasteiger partial charge in [0.15, 0.2) is 4.77 Å². The number of H-pyrrole nitrogens is 2. The quantitative estimate of drug-likeness (QED) is 0.462. The van der Waals surface area contributed by atoms with Crippen LogP contribution in [-0.2, 0) is 0 Å². The smallest absolute Gasteiger partial charge is 0.449 e. The van der Waals surface area contributed by atoms with E-state index in [0.717, 1.165) is 0 Å². The van der Waals surface area contributed by atoms with Gasteiger partial charge in [0.05, 0.1) is 5.69 Å². The predicted molar refractivity (Wildman–Crippen MR) is 45.6 cm³/mol. The van der Waals surface area contributed by atoms with Gasteiger partial charge in [-0.1, -0.05) is 0 Å². The van der Waals surface area contributed by atoms with Gasteiger partial charge < -0.3 is 14.8 Å². The van der Waals surface area contributed by atoms with E-state index in [-0.39, 0.29) is 16.2 Å². The van der Waals surface area contributed by atoms with Crippen molar-refractivity contribution in [3.05, 3.63) is 20.8 Å². The summed E-state index contributed by atoms with van der Waals surface area (Å²) in [5.74, 6) is -0.291. The Hall–Kier alpha value is -1.63. The van der Waals surface area contributed by atoms with Gasteiger partial charge in [0, 0.05) is 0 Å². The average Bonchev–Trinajstić information content (AvgIpc) is 1.96. The summed E-state index contributed by atoms with van der Waals surface area (Å²) in [5, 5.41) is 8.27. The minimum atomic E-state index is -1.54. The normalized spacial score (nSPS) is 9.62. The fraction of sp³-hybridized carbons (Fsp3) is 0.167. The summed E-state index contributed by atoms with van der Waals surface area (Å²) in [5.41, 5.74) is -0.389. The van der Waals surface area contributed by atoms with Crippen LogP contribution in [0.15, 0.2) is 4.79 Å². The van der Waals surface area contributed by atoms with E-state index in [9.17, 15) is 9.59 Å². The summed E-state index contributed by atoms with van der Waals surface area (Å²) in [4.78, 5) is 26.0. The van der Waals surface area contributed by atoms with Crippen LogP contribution in [0, 0.1) is 11.7 Å². The molecule has 70 valence electrons. The first-order chi connectivity index (χ1) is 6.00. The average molecular weight is 202 g/mol. The molecule has 0 spiro atoms. The molecule has 0 unspecified atom stereocenters. The molecule has 0 radical (unpaired) electrons. The van der Waals surface area contributed by atoms with Crippen molar-refractivity contribution >= 4 is 18.4 Å². The summed E-state index contributed by atoms with van der Waals surface area (Å²) < 4.78 is 4.35. The summed E-state index contributed by atoms with van der Waals surface area (Å²) in [7, 11) is 0. The Morgan fingerprint density at radius 2 is 2.15 bits per heavy atom. The Morgan fingerprint density at radius 1 is 1.54 bits per heavy atom. The molecule has 0 aliphatic rings. The van der Waals surface area contributed by atoms with Gasteiger partial charge in [-0.05, 0) is 19.1 Å². The molecule has 0 amide bonds. The van der Waals surface area contributed by atoms with Crippen LogP contribution in [0.2, 0.25) is 0 Å². The monoisotopic (exact) mass is 202 g/mol. The molecule has 0 aliphatic carbocycles. The molecule has 13 heavy (non-hydrogen) atoms. The summed E-state index contributed by atoms with van der Waals surface area (Å²) in [6, 6.07) is 0. The Balaban J connectivity index is 3.29. The molecular weight excluding hydrogens is 196 g/mol. The Morgan fingerprint density at radius 3 is 2.62 bits per heavy atom.